The molecule has 0 bridgehead atoms. The van der Waals surface area contributed by atoms with E-state index < -0.39 is 0 Å². The number of amides is 1. The molecule has 1 aliphatic heterocycles. The maximum atomic E-state index is 12.6. The van der Waals surface area contributed by atoms with Crippen LogP contribution >= 0.6 is 0 Å². The number of rotatable bonds is 3. The van der Waals surface area contributed by atoms with Gasteiger partial charge in [-0.25, -0.2) is 0 Å². The number of aromatic nitrogens is 1. The molecule has 1 saturated heterocycles. The van der Waals surface area contributed by atoms with E-state index in [0.717, 1.165) is 30.8 Å². The fourth-order valence-corrected chi connectivity index (χ4v) is 2.86. The molecule has 0 aliphatic carbocycles. The second-order valence-corrected chi connectivity index (χ2v) is 6.44. The lowest BCUT2D eigenvalue weighted by molar-refractivity contribution is -0.136. The fraction of sp³-hybridized carbons (Fsp3) is 0.625. The summed E-state index contributed by atoms with van der Waals surface area (Å²) < 4.78 is 0. The van der Waals surface area contributed by atoms with E-state index in [0.29, 0.717) is 6.54 Å². The molecule has 20 heavy (non-hydrogen) atoms. The molecule has 2 rings (SSSR count). The van der Waals surface area contributed by atoms with Crippen LogP contribution in [0.1, 0.15) is 38.1 Å². The van der Waals surface area contributed by atoms with Crippen LogP contribution in [0, 0.1) is 12.3 Å². The molecule has 4 heteroatoms. The number of likely N-dealkylation sites (N-methyl/N-ethyl adjacent to an activating group) is 1. The van der Waals surface area contributed by atoms with Gasteiger partial charge >= 0.3 is 0 Å². The van der Waals surface area contributed by atoms with Crippen molar-refractivity contribution in [2.24, 2.45) is 5.41 Å². The third-order valence-corrected chi connectivity index (χ3v) is 4.10. The van der Waals surface area contributed by atoms with Crippen LogP contribution in [0.15, 0.2) is 18.2 Å². The molecule has 1 aliphatic rings. The first-order valence-electron chi connectivity index (χ1n) is 7.31. The number of pyridine rings is 1. The third kappa shape index (κ3) is 3.37. The zero-order valence-corrected chi connectivity index (χ0v) is 12.9. The van der Waals surface area contributed by atoms with Gasteiger partial charge in [-0.3, -0.25) is 9.78 Å². The number of carbonyl (C=O) groups excluding carboxylic acids is 1. The zero-order chi connectivity index (χ0) is 14.8. The minimum absolute atomic E-state index is 0.0175. The molecular weight excluding hydrogens is 250 g/mol. The van der Waals surface area contributed by atoms with Crippen LogP contribution in [-0.2, 0) is 11.3 Å². The summed E-state index contributed by atoms with van der Waals surface area (Å²) in [6.07, 6.45) is 2.23. The lowest BCUT2D eigenvalue weighted by Gasteiger charge is -2.40. The Hall–Kier alpha value is -1.42. The average Bonchev–Trinajstić information content (AvgIpc) is 2.37. The van der Waals surface area contributed by atoms with Crippen molar-refractivity contribution in [2.75, 3.05) is 13.6 Å². The summed E-state index contributed by atoms with van der Waals surface area (Å²) in [6, 6.07) is 5.83. The van der Waals surface area contributed by atoms with Gasteiger partial charge in [-0.15, -0.1) is 0 Å². The van der Waals surface area contributed by atoms with E-state index in [1.807, 2.05) is 32.2 Å². The predicted octanol–water partition coefficient (Wildman–Crippen LogP) is 2.13. The topological polar surface area (TPSA) is 45.2 Å². The zero-order valence-electron chi connectivity index (χ0n) is 12.9. The van der Waals surface area contributed by atoms with E-state index in [-0.39, 0.29) is 17.4 Å². The van der Waals surface area contributed by atoms with Crippen LogP contribution in [-0.4, -0.2) is 35.4 Å². The van der Waals surface area contributed by atoms with Gasteiger partial charge in [-0.1, -0.05) is 19.9 Å². The van der Waals surface area contributed by atoms with Crippen molar-refractivity contribution >= 4 is 5.91 Å². The summed E-state index contributed by atoms with van der Waals surface area (Å²) in [5, 5.41) is 3.38. The molecule has 4 nitrogen and oxygen atoms in total. The Morgan fingerprint density at radius 3 is 2.90 bits per heavy atom. The van der Waals surface area contributed by atoms with Gasteiger partial charge in [0, 0.05) is 12.7 Å². The summed E-state index contributed by atoms with van der Waals surface area (Å²) in [7, 11) is 1.86. The van der Waals surface area contributed by atoms with E-state index in [2.05, 4.69) is 24.1 Å². The second-order valence-electron chi connectivity index (χ2n) is 6.44. The lowest BCUT2D eigenvalue weighted by Crippen LogP contribution is -2.55. The Morgan fingerprint density at radius 2 is 2.25 bits per heavy atom. The van der Waals surface area contributed by atoms with Gasteiger partial charge in [0.1, 0.15) is 0 Å². The summed E-state index contributed by atoms with van der Waals surface area (Å²) in [5.74, 6) is 0.165. The summed E-state index contributed by atoms with van der Waals surface area (Å²) in [5.41, 5.74) is 1.94. The van der Waals surface area contributed by atoms with Crippen LogP contribution in [0.4, 0.5) is 0 Å². The van der Waals surface area contributed by atoms with E-state index in [9.17, 15) is 4.79 Å². The Kier molecular flexibility index (Phi) is 4.43. The molecule has 1 unspecified atom stereocenters. The second kappa shape index (κ2) is 5.92. The molecule has 110 valence electrons. The number of carbonyl (C=O) groups is 1. The highest BCUT2D eigenvalue weighted by atomic mass is 16.2. The Labute approximate surface area is 121 Å². The minimum Gasteiger partial charge on any atom is -0.338 e. The van der Waals surface area contributed by atoms with E-state index in [4.69, 9.17) is 0 Å². The van der Waals surface area contributed by atoms with Gasteiger partial charge in [0.15, 0.2) is 0 Å². The minimum atomic E-state index is -0.0916. The van der Waals surface area contributed by atoms with Crippen LogP contribution in [0.2, 0.25) is 0 Å². The molecule has 0 saturated carbocycles. The van der Waals surface area contributed by atoms with Crippen LogP contribution < -0.4 is 5.32 Å². The van der Waals surface area contributed by atoms with Crippen LogP contribution in [0.3, 0.4) is 0 Å². The molecule has 0 aromatic carbocycles. The maximum Gasteiger partial charge on any atom is 0.240 e. The molecule has 1 aromatic heterocycles. The number of aryl methyl sites for hydroxylation is 1. The molecule has 1 N–H and O–H groups in total. The SMILES string of the molecule is Cc1cccc(CN(C)C(=O)C2NCCCC2(C)C)n1. The van der Waals surface area contributed by atoms with Crippen molar-refractivity contribution < 1.29 is 4.79 Å². The molecule has 0 radical (unpaired) electrons. The van der Waals surface area contributed by atoms with E-state index >= 15 is 0 Å². The van der Waals surface area contributed by atoms with Gasteiger partial charge in [0.05, 0.1) is 18.3 Å². The van der Waals surface area contributed by atoms with Gasteiger partial charge in [-0.2, -0.15) is 0 Å². The quantitative estimate of drug-likeness (QED) is 0.919. The number of nitrogens with zero attached hydrogens (tertiary/aromatic N) is 2. The Balaban J connectivity index is 2.05. The standard InChI is InChI=1S/C16H25N3O/c1-12-7-5-8-13(18-12)11-19(4)15(20)14-16(2,3)9-6-10-17-14/h5,7-8,14,17H,6,9-11H2,1-4H3. The smallest absolute Gasteiger partial charge is 0.240 e. The molecule has 1 aromatic rings. The summed E-state index contributed by atoms with van der Waals surface area (Å²) in [6.45, 7) is 7.79. The maximum absolute atomic E-state index is 12.6. The van der Waals surface area contributed by atoms with Crippen molar-refractivity contribution in [3.05, 3.63) is 29.6 Å². The molecule has 1 fully saturated rings. The normalized spacial score (nSPS) is 21.5. The van der Waals surface area contributed by atoms with E-state index in [1.165, 1.54) is 0 Å². The molecular formula is C16H25N3O. The third-order valence-electron chi connectivity index (χ3n) is 4.10. The predicted molar refractivity (Wildman–Crippen MR) is 80.3 cm³/mol. The summed E-state index contributed by atoms with van der Waals surface area (Å²) >= 11 is 0. The largest absolute Gasteiger partial charge is 0.338 e. The highest BCUT2D eigenvalue weighted by molar-refractivity contribution is 5.82. The first-order valence-corrected chi connectivity index (χ1v) is 7.31. The number of nitrogens with one attached hydrogen (secondary N) is 1. The van der Waals surface area contributed by atoms with Gasteiger partial charge < -0.3 is 10.2 Å². The fourth-order valence-electron chi connectivity index (χ4n) is 2.86. The first-order chi connectivity index (χ1) is 9.40. The lowest BCUT2D eigenvalue weighted by atomic mass is 9.77. The Morgan fingerprint density at radius 1 is 1.50 bits per heavy atom. The highest BCUT2D eigenvalue weighted by Crippen LogP contribution is 2.31. The number of hydrogen-bond acceptors (Lipinski definition) is 3. The van der Waals surface area contributed by atoms with Crippen molar-refractivity contribution in [3.8, 4) is 0 Å². The van der Waals surface area contributed by atoms with Crippen molar-refractivity contribution in [1.29, 1.82) is 0 Å². The molecule has 2 heterocycles. The van der Waals surface area contributed by atoms with Crippen LogP contribution in [0.5, 0.6) is 0 Å². The van der Waals surface area contributed by atoms with Crippen molar-refractivity contribution in [3.63, 3.8) is 0 Å². The Bertz CT molecular complexity index is 484. The van der Waals surface area contributed by atoms with Crippen molar-refractivity contribution in [1.82, 2.24) is 15.2 Å². The number of hydrogen-bond donors (Lipinski definition) is 1. The van der Waals surface area contributed by atoms with Crippen molar-refractivity contribution in [2.45, 2.75) is 46.2 Å². The highest BCUT2D eigenvalue weighted by Gasteiger charge is 2.38. The average molecular weight is 275 g/mol. The van der Waals surface area contributed by atoms with Gasteiger partial charge in [0.2, 0.25) is 5.91 Å². The molecule has 0 spiro atoms. The van der Waals surface area contributed by atoms with Gasteiger partial charge in [0.25, 0.3) is 0 Å². The van der Waals surface area contributed by atoms with E-state index in [1.54, 1.807) is 4.90 Å². The molecule has 1 atom stereocenters. The number of piperidine rings is 1. The molecule has 1 amide bonds. The van der Waals surface area contributed by atoms with Crippen LogP contribution in [0.25, 0.3) is 0 Å². The van der Waals surface area contributed by atoms with Gasteiger partial charge in [-0.05, 0) is 43.9 Å². The first kappa shape index (κ1) is 15.0. The summed E-state index contributed by atoms with van der Waals surface area (Å²) in [4.78, 5) is 18.9. The monoisotopic (exact) mass is 275 g/mol.